The fourth-order valence-electron chi connectivity index (χ4n) is 2.65. The molecule has 0 radical (unpaired) electrons. The molecule has 1 N–H and O–H groups in total. The van der Waals surface area contributed by atoms with Gasteiger partial charge in [0.2, 0.25) is 5.91 Å². The molecule has 0 bridgehead atoms. The van der Waals surface area contributed by atoms with Crippen molar-refractivity contribution in [2.45, 2.75) is 52.1 Å². The summed E-state index contributed by atoms with van der Waals surface area (Å²) in [5, 5.41) is 3.33. The first-order valence-electron chi connectivity index (χ1n) is 6.11. The zero-order chi connectivity index (χ0) is 11.0. The molecule has 2 aliphatic rings. The van der Waals surface area contributed by atoms with Crippen LogP contribution in [0.3, 0.4) is 0 Å². The Hall–Kier alpha value is -0.570. The lowest BCUT2D eigenvalue weighted by Gasteiger charge is -2.39. The molecule has 1 unspecified atom stereocenters. The lowest BCUT2D eigenvalue weighted by molar-refractivity contribution is -0.133. The van der Waals surface area contributed by atoms with Gasteiger partial charge in [-0.3, -0.25) is 10.1 Å². The minimum atomic E-state index is 0.0842. The molecule has 1 aliphatic heterocycles. The highest BCUT2D eigenvalue weighted by Crippen LogP contribution is 2.32. The maximum Gasteiger partial charge on any atom is 0.241 e. The van der Waals surface area contributed by atoms with E-state index in [1.54, 1.807) is 0 Å². The fraction of sp³-hybridized carbons (Fsp3) is 0.917. The highest BCUT2D eigenvalue weighted by Gasteiger charge is 2.39. The number of rotatable bonds is 3. The van der Waals surface area contributed by atoms with Gasteiger partial charge in [0.05, 0.1) is 12.7 Å². The number of hydrogen-bond donors (Lipinski definition) is 1. The van der Waals surface area contributed by atoms with Crippen molar-refractivity contribution < 1.29 is 4.79 Å². The number of hydrogen-bond acceptors (Lipinski definition) is 2. The Morgan fingerprint density at radius 2 is 2.13 bits per heavy atom. The SMILES string of the molecule is CC(C)CC1NCN(C2CC(C)C2)C1=O. The van der Waals surface area contributed by atoms with Crippen LogP contribution in [0.4, 0.5) is 0 Å². The van der Waals surface area contributed by atoms with Crippen LogP contribution in [0, 0.1) is 11.8 Å². The second kappa shape index (κ2) is 4.12. The minimum absolute atomic E-state index is 0.0842. The molecule has 1 saturated carbocycles. The summed E-state index contributed by atoms with van der Waals surface area (Å²) in [6.07, 6.45) is 3.36. The summed E-state index contributed by atoms with van der Waals surface area (Å²) in [4.78, 5) is 14.1. The van der Waals surface area contributed by atoms with E-state index >= 15 is 0 Å². The standard InChI is InChI=1S/C12H22N2O/c1-8(2)4-11-12(15)14(7-13-11)10-5-9(3)6-10/h8-11,13H,4-7H2,1-3H3. The number of nitrogens with zero attached hydrogens (tertiary/aromatic N) is 1. The first-order valence-corrected chi connectivity index (χ1v) is 6.11. The zero-order valence-corrected chi connectivity index (χ0v) is 9.99. The molecule has 0 aromatic heterocycles. The normalized spacial score (nSPS) is 36.1. The Morgan fingerprint density at radius 1 is 1.47 bits per heavy atom. The Kier molecular flexibility index (Phi) is 3.01. The molecule has 0 spiro atoms. The second-order valence-electron chi connectivity index (χ2n) is 5.58. The van der Waals surface area contributed by atoms with Crippen molar-refractivity contribution in [3.05, 3.63) is 0 Å². The molecular weight excluding hydrogens is 188 g/mol. The molecule has 1 heterocycles. The smallest absolute Gasteiger partial charge is 0.241 e. The van der Waals surface area contributed by atoms with Crippen molar-refractivity contribution in [3.63, 3.8) is 0 Å². The average Bonchev–Trinajstić information content (AvgIpc) is 2.43. The van der Waals surface area contributed by atoms with Gasteiger partial charge in [0.1, 0.15) is 0 Å². The van der Waals surface area contributed by atoms with Crippen molar-refractivity contribution in [1.29, 1.82) is 0 Å². The molecule has 2 rings (SSSR count). The van der Waals surface area contributed by atoms with E-state index in [0.29, 0.717) is 17.9 Å². The first-order chi connectivity index (χ1) is 7.08. The fourth-order valence-corrected chi connectivity index (χ4v) is 2.65. The van der Waals surface area contributed by atoms with Crippen LogP contribution in [-0.4, -0.2) is 29.6 Å². The van der Waals surface area contributed by atoms with Crippen molar-refractivity contribution in [2.24, 2.45) is 11.8 Å². The monoisotopic (exact) mass is 210 g/mol. The summed E-state index contributed by atoms with van der Waals surface area (Å²) in [5.41, 5.74) is 0. The largest absolute Gasteiger partial charge is 0.326 e. The van der Waals surface area contributed by atoms with Crippen LogP contribution < -0.4 is 5.32 Å². The predicted octanol–water partition coefficient (Wildman–Crippen LogP) is 1.59. The number of carbonyl (C=O) groups is 1. The quantitative estimate of drug-likeness (QED) is 0.767. The van der Waals surface area contributed by atoms with Gasteiger partial charge in [-0.1, -0.05) is 20.8 Å². The molecule has 3 nitrogen and oxygen atoms in total. The van der Waals surface area contributed by atoms with Crippen LogP contribution in [0.1, 0.15) is 40.0 Å². The summed E-state index contributed by atoms with van der Waals surface area (Å²) in [5.74, 6) is 1.74. The average molecular weight is 210 g/mol. The number of amides is 1. The summed E-state index contributed by atoms with van der Waals surface area (Å²) >= 11 is 0. The molecule has 1 amide bonds. The lowest BCUT2D eigenvalue weighted by Crippen LogP contribution is -2.46. The van der Waals surface area contributed by atoms with Gasteiger partial charge in [-0.2, -0.15) is 0 Å². The molecule has 1 saturated heterocycles. The predicted molar refractivity (Wildman–Crippen MR) is 60.3 cm³/mol. The molecule has 0 aromatic carbocycles. The Balaban J connectivity index is 1.87. The van der Waals surface area contributed by atoms with Gasteiger partial charge in [0, 0.05) is 6.04 Å². The van der Waals surface area contributed by atoms with Crippen molar-refractivity contribution in [2.75, 3.05) is 6.67 Å². The van der Waals surface area contributed by atoms with E-state index in [4.69, 9.17) is 0 Å². The van der Waals surface area contributed by atoms with Crippen LogP contribution in [0.2, 0.25) is 0 Å². The van der Waals surface area contributed by atoms with Gasteiger partial charge in [0.15, 0.2) is 0 Å². The molecule has 1 atom stereocenters. The van der Waals surface area contributed by atoms with Crippen LogP contribution in [0.5, 0.6) is 0 Å². The second-order valence-corrected chi connectivity index (χ2v) is 5.58. The van der Waals surface area contributed by atoms with Gasteiger partial charge in [-0.15, -0.1) is 0 Å². The highest BCUT2D eigenvalue weighted by atomic mass is 16.2. The van der Waals surface area contributed by atoms with E-state index in [-0.39, 0.29) is 6.04 Å². The molecule has 15 heavy (non-hydrogen) atoms. The maximum atomic E-state index is 12.0. The topological polar surface area (TPSA) is 32.3 Å². The number of carbonyl (C=O) groups excluding carboxylic acids is 1. The first kappa shape index (κ1) is 10.9. The van der Waals surface area contributed by atoms with E-state index in [2.05, 4.69) is 26.1 Å². The van der Waals surface area contributed by atoms with Gasteiger partial charge < -0.3 is 4.90 Å². The molecule has 3 heteroatoms. The highest BCUT2D eigenvalue weighted by molar-refractivity contribution is 5.84. The van der Waals surface area contributed by atoms with E-state index in [1.807, 2.05) is 4.90 Å². The third-order valence-corrected chi connectivity index (χ3v) is 3.59. The Labute approximate surface area is 92.2 Å². The van der Waals surface area contributed by atoms with Crippen LogP contribution >= 0.6 is 0 Å². The van der Waals surface area contributed by atoms with E-state index in [0.717, 1.165) is 19.0 Å². The summed E-state index contributed by atoms with van der Waals surface area (Å²) in [7, 11) is 0. The van der Waals surface area contributed by atoms with Gasteiger partial charge >= 0.3 is 0 Å². The third-order valence-electron chi connectivity index (χ3n) is 3.59. The molecule has 2 fully saturated rings. The maximum absolute atomic E-state index is 12.0. The summed E-state index contributed by atoms with van der Waals surface area (Å²) < 4.78 is 0. The van der Waals surface area contributed by atoms with Gasteiger partial charge in [-0.05, 0) is 31.1 Å². The van der Waals surface area contributed by atoms with E-state index in [1.165, 1.54) is 12.8 Å². The Bertz CT molecular complexity index is 246. The lowest BCUT2D eigenvalue weighted by atomic mass is 9.81. The van der Waals surface area contributed by atoms with Crippen molar-refractivity contribution >= 4 is 5.91 Å². The molecule has 1 aliphatic carbocycles. The van der Waals surface area contributed by atoms with Crippen LogP contribution in [0.25, 0.3) is 0 Å². The van der Waals surface area contributed by atoms with E-state index < -0.39 is 0 Å². The molecule has 0 aromatic rings. The van der Waals surface area contributed by atoms with Gasteiger partial charge in [-0.25, -0.2) is 0 Å². The van der Waals surface area contributed by atoms with Gasteiger partial charge in [0.25, 0.3) is 0 Å². The van der Waals surface area contributed by atoms with Crippen LogP contribution in [0.15, 0.2) is 0 Å². The molecular formula is C12H22N2O. The van der Waals surface area contributed by atoms with Crippen molar-refractivity contribution in [1.82, 2.24) is 10.2 Å². The van der Waals surface area contributed by atoms with E-state index in [9.17, 15) is 4.79 Å². The summed E-state index contributed by atoms with van der Waals surface area (Å²) in [6.45, 7) is 7.37. The van der Waals surface area contributed by atoms with Crippen LogP contribution in [-0.2, 0) is 4.79 Å². The Morgan fingerprint density at radius 3 is 2.67 bits per heavy atom. The van der Waals surface area contributed by atoms with Crippen molar-refractivity contribution in [3.8, 4) is 0 Å². The minimum Gasteiger partial charge on any atom is -0.326 e. The third kappa shape index (κ3) is 2.17. The summed E-state index contributed by atoms with van der Waals surface area (Å²) in [6, 6.07) is 0.609. The molecule has 86 valence electrons. The number of nitrogens with one attached hydrogen (secondary N) is 1. The zero-order valence-electron chi connectivity index (χ0n) is 9.99.